The first-order valence-electron chi connectivity index (χ1n) is 8.29. The van der Waals surface area contributed by atoms with E-state index in [-0.39, 0.29) is 25.3 Å². The van der Waals surface area contributed by atoms with Gasteiger partial charge in [0.15, 0.2) is 0 Å². The Kier molecular flexibility index (Phi) is 4.18. The predicted octanol–water partition coefficient (Wildman–Crippen LogP) is 0.0681. The number of aliphatic hydroxyl groups excluding tert-OH is 1. The molecule has 10 nitrogen and oxygen atoms in total. The van der Waals surface area contributed by atoms with Crippen LogP contribution < -0.4 is 0 Å². The maximum absolute atomic E-state index is 12.1. The van der Waals surface area contributed by atoms with Crippen molar-refractivity contribution >= 4 is 21.1 Å². The van der Waals surface area contributed by atoms with Crippen molar-refractivity contribution in [3.05, 3.63) is 30.9 Å². The minimum atomic E-state index is -3.53. The van der Waals surface area contributed by atoms with Crippen LogP contribution in [0.25, 0.3) is 22.4 Å². The number of fused-ring (bicyclic) bond motifs is 1. The van der Waals surface area contributed by atoms with Crippen LogP contribution in [0.2, 0.25) is 0 Å². The highest BCUT2D eigenvalue weighted by molar-refractivity contribution is 7.89. The second-order valence-electron chi connectivity index (χ2n) is 6.47. The summed E-state index contributed by atoms with van der Waals surface area (Å²) in [5.74, 6) is -0.327. The second kappa shape index (κ2) is 6.41. The fraction of sp³-hybridized carbons (Fsp3) is 0.375. The number of aliphatic hydroxyl groups is 1. The first-order chi connectivity index (χ1) is 13.0. The molecule has 0 bridgehead atoms. The number of sulfonamides is 1. The average Bonchev–Trinajstić information content (AvgIpc) is 3.26. The molecule has 140 valence electrons. The Morgan fingerprint density at radius 1 is 1.33 bits per heavy atom. The lowest BCUT2D eigenvalue weighted by Crippen LogP contribution is -2.64. The van der Waals surface area contributed by atoms with Crippen molar-refractivity contribution < 1.29 is 13.5 Å². The van der Waals surface area contributed by atoms with Gasteiger partial charge < -0.3 is 10.1 Å². The van der Waals surface area contributed by atoms with E-state index in [9.17, 15) is 13.7 Å². The van der Waals surface area contributed by atoms with Crippen molar-refractivity contribution in [1.82, 2.24) is 29.0 Å². The van der Waals surface area contributed by atoms with Crippen LogP contribution >= 0.6 is 0 Å². The molecule has 0 radical (unpaired) electrons. The van der Waals surface area contributed by atoms with Gasteiger partial charge in [-0.25, -0.2) is 18.4 Å². The van der Waals surface area contributed by atoms with Crippen molar-refractivity contribution in [3.8, 4) is 17.5 Å². The SMILES string of the molecule is N#CCC1(n2ccc(-c3ncnc4[nH]ccc34)n2)CN(S(=O)(=O)CCO)C1. The highest BCUT2D eigenvalue weighted by Crippen LogP contribution is 2.35. The van der Waals surface area contributed by atoms with E-state index in [0.717, 1.165) is 5.39 Å². The van der Waals surface area contributed by atoms with Gasteiger partial charge in [0.1, 0.15) is 28.9 Å². The molecule has 0 aliphatic carbocycles. The fourth-order valence-corrected chi connectivity index (χ4v) is 4.69. The molecule has 0 unspecified atom stereocenters. The van der Waals surface area contributed by atoms with E-state index in [4.69, 9.17) is 5.11 Å². The number of hydrogen-bond acceptors (Lipinski definition) is 7. The fourth-order valence-electron chi connectivity index (χ4n) is 3.33. The average molecular weight is 387 g/mol. The van der Waals surface area contributed by atoms with Crippen molar-refractivity contribution in [2.75, 3.05) is 25.4 Å². The van der Waals surface area contributed by atoms with Gasteiger partial charge in [-0.1, -0.05) is 0 Å². The van der Waals surface area contributed by atoms with Crippen LogP contribution in [0.5, 0.6) is 0 Å². The minimum absolute atomic E-state index is 0.128. The summed E-state index contributed by atoms with van der Waals surface area (Å²) in [5, 5.41) is 23.6. The first kappa shape index (κ1) is 17.6. The van der Waals surface area contributed by atoms with Crippen LogP contribution in [-0.2, 0) is 15.6 Å². The third-order valence-corrected chi connectivity index (χ3v) is 6.51. The molecule has 0 atom stereocenters. The second-order valence-corrected chi connectivity index (χ2v) is 8.56. The van der Waals surface area contributed by atoms with Crippen LogP contribution in [0.1, 0.15) is 6.42 Å². The summed E-state index contributed by atoms with van der Waals surface area (Å²) in [6, 6.07) is 5.78. The molecule has 4 rings (SSSR count). The molecule has 0 saturated carbocycles. The lowest BCUT2D eigenvalue weighted by molar-refractivity contribution is 0.0715. The van der Waals surface area contributed by atoms with Crippen LogP contribution in [0, 0.1) is 11.3 Å². The van der Waals surface area contributed by atoms with Gasteiger partial charge in [-0.3, -0.25) is 4.68 Å². The highest BCUT2D eigenvalue weighted by Gasteiger charge is 2.50. The highest BCUT2D eigenvalue weighted by atomic mass is 32.2. The summed E-state index contributed by atoms with van der Waals surface area (Å²) in [6.45, 7) is -0.142. The van der Waals surface area contributed by atoms with Gasteiger partial charge in [-0.2, -0.15) is 14.7 Å². The lowest BCUT2D eigenvalue weighted by Gasteiger charge is -2.47. The van der Waals surface area contributed by atoms with E-state index in [1.807, 2.05) is 6.07 Å². The van der Waals surface area contributed by atoms with Crippen LogP contribution in [0.15, 0.2) is 30.9 Å². The lowest BCUT2D eigenvalue weighted by atomic mass is 9.89. The number of aromatic amines is 1. The van der Waals surface area contributed by atoms with Crippen molar-refractivity contribution in [2.45, 2.75) is 12.0 Å². The van der Waals surface area contributed by atoms with Crippen molar-refractivity contribution in [1.29, 1.82) is 5.26 Å². The quantitative estimate of drug-likeness (QED) is 0.609. The molecule has 4 heterocycles. The molecule has 27 heavy (non-hydrogen) atoms. The summed E-state index contributed by atoms with van der Waals surface area (Å²) in [7, 11) is -3.53. The van der Waals surface area contributed by atoms with Crippen LogP contribution in [0.4, 0.5) is 0 Å². The zero-order chi connectivity index (χ0) is 19.1. The van der Waals surface area contributed by atoms with Crippen molar-refractivity contribution in [3.63, 3.8) is 0 Å². The van der Waals surface area contributed by atoms with Gasteiger partial charge in [0.2, 0.25) is 10.0 Å². The van der Waals surface area contributed by atoms with Gasteiger partial charge >= 0.3 is 0 Å². The molecule has 1 aliphatic heterocycles. The minimum Gasteiger partial charge on any atom is -0.395 e. The molecule has 3 aromatic rings. The molecule has 0 aromatic carbocycles. The first-order valence-corrected chi connectivity index (χ1v) is 9.90. The van der Waals surface area contributed by atoms with Crippen molar-refractivity contribution in [2.24, 2.45) is 0 Å². The van der Waals surface area contributed by atoms with E-state index >= 15 is 0 Å². The third kappa shape index (κ3) is 2.87. The number of aromatic nitrogens is 5. The third-order valence-electron chi connectivity index (χ3n) is 4.76. The topological polar surface area (TPSA) is 141 Å². The molecule has 1 fully saturated rings. The molecule has 1 saturated heterocycles. The molecule has 11 heteroatoms. The van der Waals surface area contributed by atoms with Gasteiger partial charge in [0.25, 0.3) is 0 Å². The number of nitrogens with zero attached hydrogens (tertiary/aromatic N) is 6. The Morgan fingerprint density at radius 3 is 2.89 bits per heavy atom. The van der Waals surface area contributed by atoms with E-state index in [0.29, 0.717) is 17.0 Å². The van der Waals surface area contributed by atoms with E-state index < -0.39 is 22.2 Å². The summed E-state index contributed by atoms with van der Waals surface area (Å²) in [6.07, 6.45) is 5.09. The standard InChI is InChI=1S/C16H17N7O3S/c17-4-3-16(9-22(10-16)27(25,26)8-7-24)23-6-2-13(21-23)14-12-1-5-18-15(12)20-11-19-14/h1-2,5-6,11,24H,3,7-10H2,(H,18,19,20). The van der Waals surface area contributed by atoms with Gasteiger partial charge in [-0.05, 0) is 12.1 Å². The summed E-state index contributed by atoms with van der Waals surface area (Å²) >= 11 is 0. The number of hydrogen-bond donors (Lipinski definition) is 2. The van der Waals surface area contributed by atoms with Gasteiger partial charge in [0, 0.05) is 30.9 Å². The molecular weight excluding hydrogens is 370 g/mol. The zero-order valence-electron chi connectivity index (χ0n) is 14.3. The Bertz CT molecular complexity index is 1120. The number of nitrogens with one attached hydrogen (secondary N) is 1. The van der Waals surface area contributed by atoms with Gasteiger partial charge in [0.05, 0.1) is 24.8 Å². The summed E-state index contributed by atoms with van der Waals surface area (Å²) < 4.78 is 27.1. The normalized spacial score (nSPS) is 16.9. The number of rotatable bonds is 6. The molecule has 3 aromatic heterocycles. The number of nitriles is 1. The molecule has 0 spiro atoms. The molecule has 0 amide bonds. The maximum Gasteiger partial charge on any atom is 0.216 e. The Labute approximate surface area is 155 Å². The monoisotopic (exact) mass is 387 g/mol. The smallest absolute Gasteiger partial charge is 0.216 e. The largest absolute Gasteiger partial charge is 0.395 e. The van der Waals surface area contributed by atoms with E-state index in [2.05, 4.69) is 26.1 Å². The van der Waals surface area contributed by atoms with Crippen LogP contribution in [0.3, 0.4) is 0 Å². The Morgan fingerprint density at radius 2 is 2.15 bits per heavy atom. The number of H-pyrrole nitrogens is 1. The maximum atomic E-state index is 12.1. The van der Waals surface area contributed by atoms with E-state index in [1.165, 1.54) is 10.6 Å². The van der Waals surface area contributed by atoms with Gasteiger partial charge in [-0.15, -0.1) is 0 Å². The molecule has 1 aliphatic rings. The zero-order valence-corrected chi connectivity index (χ0v) is 15.1. The summed E-state index contributed by atoms with van der Waals surface area (Å²) in [5.41, 5.74) is 1.26. The van der Waals surface area contributed by atoms with E-state index in [1.54, 1.807) is 23.1 Å². The Hall–Kier alpha value is -2.81. The van der Waals surface area contributed by atoms with Crippen LogP contribution in [-0.4, -0.2) is 68.0 Å². The molecule has 2 N–H and O–H groups in total. The predicted molar refractivity (Wildman–Crippen MR) is 95.8 cm³/mol. The molecular formula is C16H17N7O3S. The Balaban J connectivity index is 1.65. The summed E-state index contributed by atoms with van der Waals surface area (Å²) in [4.78, 5) is 11.5.